The fourth-order valence-corrected chi connectivity index (χ4v) is 4.48. The van der Waals surface area contributed by atoms with Crippen LogP contribution >= 0.6 is 0 Å². The second kappa shape index (κ2) is 7.14. The Hall–Kier alpha value is -3.10. The van der Waals surface area contributed by atoms with Gasteiger partial charge in [0, 0.05) is 42.3 Å². The molecule has 6 nitrogen and oxygen atoms in total. The molecular formula is C20H17FN4O2S. The molecule has 28 heavy (non-hydrogen) atoms. The molecule has 3 aromatic heterocycles. The molecule has 8 heteroatoms. The highest BCUT2D eigenvalue weighted by atomic mass is 32.2. The van der Waals surface area contributed by atoms with Crippen LogP contribution in [0.1, 0.15) is 5.56 Å². The molecule has 0 aliphatic rings. The minimum atomic E-state index is -3.82. The van der Waals surface area contributed by atoms with Gasteiger partial charge < -0.3 is 5.32 Å². The molecule has 0 bridgehead atoms. The zero-order chi connectivity index (χ0) is 19.7. The van der Waals surface area contributed by atoms with Crippen molar-refractivity contribution >= 4 is 20.9 Å². The highest BCUT2D eigenvalue weighted by molar-refractivity contribution is 7.90. The first-order valence-corrected chi connectivity index (χ1v) is 10.0. The molecule has 1 aromatic carbocycles. The quantitative estimate of drug-likeness (QED) is 0.524. The number of rotatable bonds is 5. The van der Waals surface area contributed by atoms with Crippen LogP contribution in [-0.4, -0.2) is 29.4 Å². The molecule has 0 atom stereocenters. The Morgan fingerprint density at radius 1 is 1.11 bits per heavy atom. The van der Waals surface area contributed by atoms with Crippen molar-refractivity contribution in [2.75, 3.05) is 7.05 Å². The van der Waals surface area contributed by atoms with E-state index in [9.17, 15) is 12.8 Å². The SMILES string of the molecule is CNCc1cn(S(=O)(=O)c2cccnc2)c2cc(-c3ccc(F)nc3)ccc12. The lowest BCUT2D eigenvalue weighted by atomic mass is 10.0. The zero-order valence-corrected chi connectivity index (χ0v) is 15.8. The molecule has 0 amide bonds. The van der Waals surface area contributed by atoms with Crippen LogP contribution in [0.2, 0.25) is 0 Å². The van der Waals surface area contributed by atoms with E-state index in [0.29, 0.717) is 17.6 Å². The van der Waals surface area contributed by atoms with Gasteiger partial charge in [0.25, 0.3) is 10.0 Å². The first-order valence-electron chi connectivity index (χ1n) is 8.57. The highest BCUT2D eigenvalue weighted by Gasteiger charge is 2.21. The van der Waals surface area contributed by atoms with Gasteiger partial charge in [0.1, 0.15) is 4.90 Å². The first-order chi connectivity index (χ1) is 13.5. The molecule has 0 saturated heterocycles. The summed E-state index contributed by atoms with van der Waals surface area (Å²) in [6, 6.07) is 11.5. The maximum absolute atomic E-state index is 13.2. The van der Waals surface area contributed by atoms with Crippen LogP contribution in [-0.2, 0) is 16.6 Å². The van der Waals surface area contributed by atoms with Crippen molar-refractivity contribution in [1.82, 2.24) is 19.3 Å². The van der Waals surface area contributed by atoms with Gasteiger partial charge in [-0.2, -0.15) is 4.39 Å². The third kappa shape index (κ3) is 3.17. The van der Waals surface area contributed by atoms with E-state index < -0.39 is 16.0 Å². The summed E-state index contributed by atoms with van der Waals surface area (Å²) in [6.07, 6.45) is 5.90. The van der Waals surface area contributed by atoms with E-state index in [2.05, 4.69) is 15.3 Å². The maximum Gasteiger partial charge on any atom is 0.269 e. The van der Waals surface area contributed by atoms with Crippen molar-refractivity contribution in [3.8, 4) is 11.1 Å². The molecule has 0 fully saturated rings. The van der Waals surface area contributed by atoms with Gasteiger partial charge in [-0.3, -0.25) is 4.98 Å². The van der Waals surface area contributed by atoms with Crippen molar-refractivity contribution in [1.29, 1.82) is 0 Å². The number of nitrogens with zero attached hydrogens (tertiary/aromatic N) is 3. The Balaban J connectivity index is 1.94. The maximum atomic E-state index is 13.2. The molecule has 0 saturated carbocycles. The van der Waals surface area contributed by atoms with Crippen LogP contribution in [0.5, 0.6) is 0 Å². The lowest BCUT2D eigenvalue weighted by Crippen LogP contribution is -2.12. The van der Waals surface area contributed by atoms with Crippen LogP contribution in [0.3, 0.4) is 0 Å². The zero-order valence-electron chi connectivity index (χ0n) is 15.0. The molecule has 0 spiro atoms. The summed E-state index contributed by atoms with van der Waals surface area (Å²) in [4.78, 5) is 7.71. The molecule has 1 N–H and O–H groups in total. The molecule has 0 aliphatic heterocycles. The normalized spacial score (nSPS) is 11.8. The van der Waals surface area contributed by atoms with E-state index in [-0.39, 0.29) is 4.90 Å². The topological polar surface area (TPSA) is 76.9 Å². The van der Waals surface area contributed by atoms with Gasteiger partial charge in [0.05, 0.1) is 5.52 Å². The molecule has 0 radical (unpaired) electrons. The number of halogens is 1. The standard InChI is InChI=1S/C20H17FN4O2S/c1-22-10-16-13-25(28(26,27)17-3-2-8-23-12-17)19-9-14(4-6-18(16)19)15-5-7-20(21)24-11-15/h2-9,11-13,22H,10H2,1H3. The van der Waals surface area contributed by atoms with Gasteiger partial charge in [-0.25, -0.2) is 17.4 Å². The predicted molar refractivity (Wildman–Crippen MR) is 105 cm³/mol. The average Bonchev–Trinajstić information content (AvgIpc) is 3.08. The summed E-state index contributed by atoms with van der Waals surface area (Å²) in [5.74, 6) is -0.566. The van der Waals surface area contributed by atoms with Crippen LogP contribution in [0.15, 0.2) is 72.1 Å². The van der Waals surface area contributed by atoms with Crippen LogP contribution in [0.4, 0.5) is 4.39 Å². The van der Waals surface area contributed by atoms with E-state index in [1.165, 1.54) is 34.7 Å². The summed E-state index contributed by atoms with van der Waals surface area (Å²) in [5, 5.41) is 3.88. The number of fused-ring (bicyclic) bond motifs is 1. The Bertz CT molecular complexity index is 1240. The van der Waals surface area contributed by atoms with Crippen molar-refractivity contribution in [2.45, 2.75) is 11.4 Å². The predicted octanol–water partition coefficient (Wildman–Crippen LogP) is 3.19. The molecule has 4 aromatic rings. The number of nitrogens with one attached hydrogen (secondary N) is 1. The summed E-state index contributed by atoms with van der Waals surface area (Å²) < 4.78 is 40.8. The third-order valence-corrected chi connectivity index (χ3v) is 6.13. The molecular weight excluding hydrogens is 379 g/mol. The Kier molecular flexibility index (Phi) is 4.66. The lowest BCUT2D eigenvalue weighted by molar-refractivity contribution is 0.584. The third-order valence-electron chi connectivity index (χ3n) is 4.47. The molecule has 0 unspecified atom stereocenters. The number of pyridine rings is 2. The Morgan fingerprint density at radius 2 is 1.93 bits per heavy atom. The van der Waals surface area contributed by atoms with Gasteiger partial charge in [0.2, 0.25) is 5.95 Å². The van der Waals surface area contributed by atoms with E-state index in [0.717, 1.165) is 16.5 Å². The number of hydrogen-bond donors (Lipinski definition) is 1. The minimum absolute atomic E-state index is 0.108. The van der Waals surface area contributed by atoms with Gasteiger partial charge in [-0.05, 0) is 48.5 Å². The van der Waals surface area contributed by atoms with Gasteiger partial charge in [0.15, 0.2) is 0 Å². The van der Waals surface area contributed by atoms with E-state index in [1.54, 1.807) is 31.4 Å². The van der Waals surface area contributed by atoms with Gasteiger partial charge in [-0.15, -0.1) is 0 Å². The summed E-state index contributed by atoms with van der Waals surface area (Å²) in [7, 11) is -2.02. The molecule has 4 rings (SSSR count). The highest BCUT2D eigenvalue weighted by Crippen LogP contribution is 2.30. The number of aromatic nitrogens is 3. The van der Waals surface area contributed by atoms with Crippen LogP contribution < -0.4 is 5.32 Å². The largest absolute Gasteiger partial charge is 0.316 e. The minimum Gasteiger partial charge on any atom is -0.316 e. The van der Waals surface area contributed by atoms with Crippen molar-refractivity contribution < 1.29 is 12.8 Å². The monoisotopic (exact) mass is 396 g/mol. The molecule has 142 valence electrons. The number of hydrogen-bond acceptors (Lipinski definition) is 5. The van der Waals surface area contributed by atoms with Crippen molar-refractivity contribution in [3.63, 3.8) is 0 Å². The number of benzene rings is 1. The van der Waals surface area contributed by atoms with Crippen molar-refractivity contribution in [3.05, 3.63) is 78.8 Å². The van der Waals surface area contributed by atoms with E-state index in [4.69, 9.17) is 0 Å². The Labute approximate surface area is 161 Å². The fourth-order valence-electron chi connectivity index (χ4n) is 3.14. The molecule has 0 aliphatic carbocycles. The van der Waals surface area contributed by atoms with Gasteiger partial charge in [-0.1, -0.05) is 12.1 Å². The van der Waals surface area contributed by atoms with Gasteiger partial charge >= 0.3 is 0 Å². The second-order valence-electron chi connectivity index (χ2n) is 6.28. The summed E-state index contributed by atoms with van der Waals surface area (Å²) in [6.45, 7) is 0.517. The van der Waals surface area contributed by atoms with E-state index >= 15 is 0 Å². The lowest BCUT2D eigenvalue weighted by Gasteiger charge is -2.08. The smallest absolute Gasteiger partial charge is 0.269 e. The summed E-state index contributed by atoms with van der Waals surface area (Å²) >= 11 is 0. The van der Waals surface area contributed by atoms with Crippen molar-refractivity contribution in [2.24, 2.45) is 0 Å². The fraction of sp³-hybridized carbons (Fsp3) is 0.100. The van der Waals surface area contributed by atoms with Crippen LogP contribution in [0, 0.1) is 5.95 Å². The summed E-state index contributed by atoms with van der Waals surface area (Å²) in [5.41, 5.74) is 2.84. The first kappa shape index (κ1) is 18.3. The Morgan fingerprint density at radius 3 is 2.61 bits per heavy atom. The van der Waals surface area contributed by atoms with Crippen LogP contribution in [0.25, 0.3) is 22.0 Å². The average molecular weight is 396 g/mol. The molecule has 3 heterocycles. The second-order valence-corrected chi connectivity index (χ2v) is 8.09. The van der Waals surface area contributed by atoms with E-state index in [1.807, 2.05) is 12.1 Å².